The van der Waals surface area contributed by atoms with E-state index in [4.69, 9.17) is 0 Å². The van der Waals surface area contributed by atoms with Crippen LogP contribution in [-0.2, 0) is 10.0 Å². The van der Waals surface area contributed by atoms with Crippen molar-refractivity contribution < 1.29 is 8.42 Å². The number of fused-ring (bicyclic) bond motifs is 1. The Morgan fingerprint density at radius 1 is 0.900 bits per heavy atom. The SMILES string of the molecule is Cc1ccc(S(=O)(=O)n2ccc3c(C)cccc32)cc1. The number of hydrogen-bond acceptors (Lipinski definition) is 2. The minimum absolute atomic E-state index is 0.308. The van der Waals surface area contributed by atoms with Crippen molar-refractivity contribution in [1.82, 2.24) is 3.97 Å². The lowest BCUT2D eigenvalue weighted by Gasteiger charge is -2.08. The topological polar surface area (TPSA) is 39.1 Å². The highest BCUT2D eigenvalue weighted by Gasteiger charge is 2.18. The standard InChI is InChI=1S/C16H15NO2S/c1-12-6-8-14(9-7-12)20(18,19)17-11-10-15-13(2)4-3-5-16(15)17/h3-11H,1-2H3. The van der Waals surface area contributed by atoms with Gasteiger partial charge in [0.1, 0.15) is 0 Å². The lowest BCUT2D eigenvalue weighted by atomic mass is 10.1. The van der Waals surface area contributed by atoms with Crippen molar-refractivity contribution >= 4 is 20.9 Å². The van der Waals surface area contributed by atoms with Crippen molar-refractivity contribution in [1.29, 1.82) is 0 Å². The molecule has 0 fully saturated rings. The summed E-state index contributed by atoms with van der Waals surface area (Å²) in [5.74, 6) is 0. The highest BCUT2D eigenvalue weighted by molar-refractivity contribution is 7.90. The van der Waals surface area contributed by atoms with Crippen LogP contribution in [0.15, 0.2) is 59.6 Å². The molecule has 1 aromatic heterocycles. The molecule has 0 unspecified atom stereocenters. The van der Waals surface area contributed by atoms with E-state index < -0.39 is 10.0 Å². The minimum atomic E-state index is -3.54. The summed E-state index contributed by atoms with van der Waals surface area (Å²) < 4.78 is 26.7. The van der Waals surface area contributed by atoms with Crippen LogP contribution in [0.4, 0.5) is 0 Å². The van der Waals surface area contributed by atoms with Gasteiger partial charge in [-0.1, -0.05) is 29.8 Å². The van der Waals surface area contributed by atoms with Crippen LogP contribution >= 0.6 is 0 Å². The smallest absolute Gasteiger partial charge is 0.241 e. The molecule has 0 aliphatic carbocycles. The Hall–Kier alpha value is -2.07. The molecule has 0 N–H and O–H groups in total. The molecule has 3 rings (SSSR count). The second-order valence-electron chi connectivity index (χ2n) is 4.94. The van der Waals surface area contributed by atoms with Gasteiger partial charge in [-0.25, -0.2) is 12.4 Å². The summed E-state index contributed by atoms with van der Waals surface area (Å²) in [6.07, 6.45) is 1.62. The van der Waals surface area contributed by atoms with Crippen molar-refractivity contribution in [2.75, 3.05) is 0 Å². The summed E-state index contributed by atoms with van der Waals surface area (Å²) in [6, 6.07) is 14.4. The molecular weight excluding hydrogens is 270 g/mol. The van der Waals surface area contributed by atoms with Crippen LogP contribution < -0.4 is 0 Å². The Labute approximate surface area is 118 Å². The molecule has 1 heterocycles. The summed E-state index contributed by atoms with van der Waals surface area (Å²) in [6.45, 7) is 3.91. The molecular formula is C16H15NO2S. The molecule has 0 spiro atoms. The lowest BCUT2D eigenvalue weighted by molar-refractivity contribution is 0.589. The third-order valence-corrected chi connectivity index (χ3v) is 5.20. The fraction of sp³-hybridized carbons (Fsp3) is 0.125. The van der Waals surface area contributed by atoms with Gasteiger partial charge in [-0.3, -0.25) is 0 Å². The molecule has 0 atom stereocenters. The van der Waals surface area contributed by atoms with Crippen molar-refractivity contribution in [3.05, 3.63) is 65.9 Å². The van der Waals surface area contributed by atoms with Crippen LogP contribution in [0.2, 0.25) is 0 Å². The normalized spacial score (nSPS) is 11.9. The van der Waals surface area contributed by atoms with Crippen LogP contribution in [0.25, 0.3) is 10.9 Å². The van der Waals surface area contributed by atoms with Crippen LogP contribution in [0.1, 0.15) is 11.1 Å². The van der Waals surface area contributed by atoms with Crippen LogP contribution in [0.5, 0.6) is 0 Å². The van der Waals surface area contributed by atoms with Gasteiger partial charge in [0.05, 0.1) is 10.4 Å². The Balaban J connectivity index is 2.24. The molecule has 0 aliphatic heterocycles. The second-order valence-corrected chi connectivity index (χ2v) is 6.75. The number of rotatable bonds is 2. The molecule has 3 aromatic rings. The zero-order chi connectivity index (χ0) is 14.3. The Morgan fingerprint density at radius 2 is 1.60 bits per heavy atom. The maximum atomic E-state index is 12.7. The van der Waals surface area contributed by atoms with Gasteiger partial charge in [0.2, 0.25) is 0 Å². The molecule has 20 heavy (non-hydrogen) atoms. The van der Waals surface area contributed by atoms with Crippen molar-refractivity contribution in [2.45, 2.75) is 18.7 Å². The van der Waals surface area contributed by atoms with E-state index in [2.05, 4.69) is 0 Å². The molecule has 0 saturated heterocycles. The zero-order valence-electron chi connectivity index (χ0n) is 11.4. The van der Waals surface area contributed by atoms with E-state index in [0.717, 1.165) is 16.5 Å². The van der Waals surface area contributed by atoms with Crippen molar-refractivity contribution in [3.63, 3.8) is 0 Å². The van der Waals surface area contributed by atoms with E-state index in [1.807, 2.05) is 50.2 Å². The predicted octanol–water partition coefficient (Wildman–Crippen LogP) is 3.50. The first kappa shape index (κ1) is 12.9. The predicted molar refractivity (Wildman–Crippen MR) is 80.4 cm³/mol. The van der Waals surface area contributed by atoms with Gasteiger partial charge in [0, 0.05) is 11.6 Å². The summed E-state index contributed by atoms with van der Waals surface area (Å²) in [4.78, 5) is 0.308. The molecule has 4 heteroatoms. The first-order valence-corrected chi connectivity index (χ1v) is 7.83. The monoisotopic (exact) mass is 285 g/mol. The second kappa shape index (κ2) is 4.49. The summed E-state index contributed by atoms with van der Waals surface area (Å²) in [5, 5.41) is 0.961. The van der Waals surface area contributed by atoms with Gasteiger partial charge < -0.3 is 0 Å². The quantitative estimate of drug-likeness (QED) is 0.723. The number of hydrogen-bond donors (Lipinski definition) is 0. The third kappa shape index (κ3) is 1.93. The molecule has 0 saturated carbocycles. The fourth-order valence-corrected chi connectivity index (χ4v) is 3.68. The van der Waals surface area contributed by atoms with E-state index in [0.29, 0.717) is 10.4 Å². The van der Waals surface area contributed by atoms with Crippen molar-refractivity contribution in [2.24, 2.45) is 0 Å². The zero-order valence-corrected chi connectivity index (χ0v) is 12.2. The van der Waals surface area contributed by atoms with Crippen LogP contribution in [-0.4, -0.2) is 12.4 Å². The maximum Gasteiger partial charge on any atom is 0.268 e. The highest BCUT2D eigenvalue weighted by Crippen LogP contribution is 2.24. The van der Waals surface area contributed by atoms with Crippen LogP contribution in [0.3, 0.4) is 0 Å². The Kier molecular flexibility index (Phi) is 2.91. The summed E-state index contributed by atoms with van der Waals surface area (Å²) in [7, 11) is -3.54. The Morgan fingerprint density at radius 3 is 2.30 bits per heavy atom. The van der Waals surface area contributed by atoms with Gasteiger partial charge in [-0.05, 0) is 43.7 Å². The molecule has 0 amide bonds. The number of nitrogens with zero attached hydrogens (tertiary/aromatic N) is 1. The molecule has 102 valence electrons. The van der Waals surface area contributed by atoms with Gasteiger partial charge in [0.25, 0.3) is 10.0 Å². The number of aryl methyl sites for hydroxylation is 2. The van der Waals surface area contributed by atoms with Crippen LogP contribution in [0, 0.1) is 13.8 Å². The van der Waals surface area contributed by atoms with E-state index in [9.17, 15) is 8.42 Å². The minimum Gasteiger partial charge on any atom is -0.241 e. The third-order valence-electron chi connectivity index (χ3n) is 3.49. The van der Waals surface area contributed by atoms with E-state index in [1.54, 1.807) is 18.3 Å². The molecule has 0 radical (unpaired) electrons. The first-order valence-electron chi connectivity index (χ1n) is 6.39. The average molecular weight is 285 g/mol. The largest absolute Gasteiger partial charge is 0.268 e. The highest BCUT2D eigenvalue weighted by atomic mass is 32.2. The average Bonchev–Trinajstić information content (AvgIpc) is 2.85. The van der Waals surface area contributed by atoms with E-state index in [1.165, 1.54) is 3.97 Å². The molecule has 2 aromatic carbocycles. The molecule has 3 nitrogen and oxygen atoms in total. The number of aromatic nitrogens is 1. The van der Waals surface area contributed by atoms with E-state index >= 15 is 0 Å². The number of benzene rings is 2. The van der Waals surface area contributed by atoms with Gasteiger partial charge >= 0.3 is 0 Å². The van der Waals surface area contributed by atoms with Gasteiger partial charge in [-0.15, -0.1) is 0 Å². The summed E-state index contributed by atoms with van der Waals surface area (Å²) >= 11 is 0. The Bertz CT molecular complexity index is 874. The maximum absolute atomic E-state index is 12.7. The van der Waals surface area contributed by atoms with E-state index in [-0.39, 0.29) is 0 Å². The fourth-order valence-electron chi connectivity index (χ4n) is 2.33. The first-order chi connectivity index (χ1) is 9.50. The van der Waals surface area contributed by atoms with Gasteiger partial charge in [0.15, 0.2) is 0 Å². The van der Waals surface area contributed by atoms with Crippen molar-refractivity contribution in [3.8, 4) is 0 Å². The summed E-state index contributed by atoms with van der Waals surface area (Å²) in [5.41, 5.74) is 2.82. The lowest BCUT2D eigenvalue weighted by Crippen LogP contribution is -2.11. The molecule has 0 bridgehead atoms. The molecule has 0 aliphatic rings. The van der Waals surface area contributed by atoms with Gasteiger partial charge in [-0.2, -0.15) is 0 Å².